The highest BCUT2D eigenvalue weighted by atomic mass is 16.4. The highest BCUT2D eigenvalue weighted by Crippen LogP contribution is 2.16. The Balaban J connectivity index is 3.18. The van der Waals surface area contributed by atoms with Crippen LogP contribution < -0.4 is 5.32 Å². The highest BCUT2D eigenvalue weighted by Gasteiger charge is 2.11. The normalized spacial score (nSPS) is 10.2. The van der Waals surface area contributed by atoms with Gasteiger partial charge in [-0.05, 0) is 32.0 Å². The van der Waals surface area contributed by atoms with Gasteiger partial charge >= 0.3 is 11.9 Å². The van der Waals surface area contributed by atoms with Crippen molar-refractivity contribution < 1.29 is 19.8 Å². The van der Waals surface area contributed by atoms with Gasteiger partial charge in [0, 0.05) is 11.7 Å². The van der Waals surface area contributed by atoms with Crippen molar-refractivity contribution in [1.29, 1.82) is 0 Å². The van der Waals surface area contributed by atoms with Crippen LogP contribution in [0, 0.1) is 0 Å². The number of benzene rings is 1. The van der Waals surface area contributed by atoms with Crippen LogP contribution in [0.3, 0.4) is 0 Å². The van der Waals surface area contributed by atoms with Crippen molar-refractivity contribution in [3.8, 4) is 0 Å². The second-order valence-corrected chi connectivity index (χ2v) is 3.71. The molecule has 5 heteroatoms. The van der Waals surface area contributed by atoms with E-state index in [1.807, 2.05) is 13.8 Å². The molecule has 1 aromatic carbocycles. The Bertz CT molecular complexity index is 394. The summed E-state index contributed by atoms with van der Waals surface area (Å²) in [6.07, 6.45) is 0. The van der Waals surface area contributed by atoms with Crippen molar-refractivity contribution in [2.45, 2.75) is 19.9 Å². The van der Waals surface area contributed by atoms with Gasteiger partial charge < -0.3 is 15.5 Å². The van der Waals surface area contributed by atoms with E-state index >= 15 is 0 Å². The number of carboxylic acids is 2. The van der Waals surface area contributed by atoms with Crippen LogP contribution in [0.5, 0.6) is 0 Å². The number of carbonyl (C=O) groups is 2. The van der Waals surface area contributed by atoms with Crippen LogP contribution in [-0.4, -0.2) is 28.2 Å². The minimum Gasteiger partial charge on any atom is -0.478 e. The third kappa shape index (κ3) is 2.98. The number of rotatable bonds is 4. The summed E-state index contributed by atoms with van der Waals surface area (Å²) in [6.45, 7) is 3.77. The first-order chi connectivity index (χ1) is 7.40. The molecule has 0 atom stereocenters. The van der Waals surface area contributed by atoms with Gasteiger partial charge in [0.2, 0.25) is 0 Å². The van der Waals surface area contributed by atoms with Crippen LogP contribution in [0.4, 0.5) is 5.69 Å². The highest BCUT2D eigenvalue weighted by molar-refractivity contribution is 5.95. The molecule has 86 valence electrons. The van der Waals surface area contributed by atoms with Crippen LogP contribution in [0.1, 0.15) is 34.6 Å². The summed E-state index contributed by atoms with van der Waals surface area (Å²) >= 11 is 0. The van der Waals surface area contributed by atoms with Gasteiger partial charge in [-0.1, -0.05) is 0 Å². The monoisotopic (exact) mass is 223 g/mol. The molecule has 0 unspecified atom stereocenters. The summed E-state index contributed by atoms with van der Waals surface area (Å²) in [5, 5.41) is 20.6. The van der Waals surface area contributed by atoms with Crippen molar-refractivity contribution in [2.75, 3.05) is 5.32 Å². The summed E-state index contributed by atoms with van der Waals surface area (Å²) in [5.74, 6) is -2.29. The number of nitrogens with one attached hydrogen (secondary N) is 1. The molecular formula is C11H13NO4. The number of anilines is 1. The van der Waals surface area contributed by atoms with Crippen molar-refractivity contribution in [3.63, 3.8) is 0 Å². The lowest BCUT2D eigenvalue weighted by molar-refractivity contribution is 0.0696. The minimum absolute atomic E-state index is 0.0388. The van der Waals surface area contributed by atoms with E-state index in [2.05, 4.69) is 5.32 Å². The zero-order chi connectivity index (χ0) is 12.3. The predicted molar refractivity (Wildman–Crippen MR) is 59.1 cm³/mol. The van der Waals surface area contributed by atoms with E-state index in [-0.39, 0.29) is 17.2 Å². The topological polar surface area (TPSA) is 86.6 Å². The quantitative estimate of drug-likeness (QED) is 0.725. The summed E-state index contributed by atoms with van der Waals surface area (Å²) in [5.41, 5.74) is 0.415. The van der Waals surface area contributed by atoms with E-state index in [0.29, 0.717) is 5.69 Å². The van der Waals surface area contributed by atoms with Crippen LogP contribution in [0.2, 0.25) is 0 Å². The van der Waals surface area contributed by atoms with Gasteiger partial charge in [-0.25, -0.2) is 9.59 Å². The number of carboxylic acid groups (broad SMARTS) is 2. The molecule has 0 saturated carbocycles. The number of aromatic carboxylic acids is 2. The van der Waals surface area contributed by atoms with Gasteiger partial charge in [0.25, 0.3) is 0 Å². The lowest BCUT2D eigenvalue weighted by Gasteiger charge is -2.11. The zero-order valence-electron chi connectivity index (χ0n) is 9.02. The van der Waals surface area contributed by atoms with E-state index < -0.39 is 11.9 Å². The van der Waals surface area contributed by atoms with Gasteiger partial charge in [0.05, 0.1) is 11.1 Å². The molecule has 0 amide bonds. The van der Waals surface area contributed by atoms with Crippen LogP contribution >= 0.6 is 0 Å². The van der Waals surface area contributed by atoms with Gasteiger partial charge in [0.1, 0.15) is 0 Å². The lowest BCUT2D eigenvalue weighted by Crippen LogP contribution is -2.12. The third-order valence-corrected chi connectivity index (χ3v) is 1.88. The fraction of sp³-hybridized carbons (Fsp3) is 0.273. The molecule has 0 aliphatic carbocycles. The Morgan fingerprint density at radius 1 is 1.06 bits per heavy atom. The first-order valence-corrected chi connectivity index (χ1v) is 4.78. The van der Waals surface area contributed by atoms with E-state index in [4.69, 9.17) is 10.2 Å². The molecule has 0 aromatic heterocycles. The smallest absolute Gasteiger partial charge is 0.335 e. The summed E-state index contributed by atoms with van der Waals surface area (Å²) in [7, 11) is 0. The molecular weight excluding hydrogens is 210 g/mol. The third-order valence-electron chi connectivity index (χ3n) is 1.88. The molecule has 0 aliphatic rings. The van der Waals surface area contributed by atoms with E-state index in [1.54, 1.807) is 0 Å². The lowest BCUT2D eigenvalue weighted by atomic mass is 10.1. The zero-order valence-corrected chi connectivity index (χ0v) is 9.02. The average Bonchev–Trinajstić information content (AvgIpc) is 2.15. The number of hydrogen-bond donors (Lipinski definition) is 3. The maximum absolute atomic E-state index is 10.8. The molecule has 0 heterocycles. The average molecular weight is 223 g/mol. The Labute approximate surface area is 92.7 Å². The maximum Gasteiger partial charge on any atom is 0.335 e. The van der Waals surface area contributed by atoms with Gasteiger partial charge in [-0.2, -0.15) is 0 Å². The van der Waals surface area contributed by atoms with Crippen LogP contribution in [-0.2, 0) is 0 Å². The number of hydrogen-bond acceptors (Lipinski definition) is 3. The van der Waals surface area contributed by atoms with E-state index in [9.17, 15) is 9.59 Å². The summed E-state index contributed by atoms with van der Waals surface area (Å²) in [6, 6.07) is 4.06. The minimum atomic E-state index is -1.14. The SMILES string of the molecule is CC(C)Nc1cc(C(=O)O)cc(C(=O)O)c1. The molecule has 3 N–H and O–H groups in total. The fourth-order valence-corrected chi connectivity index (χ4v) is 1.29. The van der Waals surface area contributed by atoms with Crippen LogP contribution in [0.15, 0.2) is 18.2 Å². The molecule has 0 saturated heterocycles. The molecule has 16 heavy (non-hydrogen) atoms. The maximum atomic E-state index is 10.8. The Morgan fingerprint density at radius 2 is 1.50 bits per heavy atom. The molecule has 0 aliphatic heterocycles. The molecule has 0 spiro atoms. The fourth-order valence-electron chi connectivity index (χ4n) is 1.29. The Hall–Kier alpha value is -2.04. The summed E-state index contributed by atoms with van der Waals surface area (Å²) in [4.78, 5) is 21.6. The molecule has 5 nitrogen and oxygen atoms in total. The van der Waals surface area contributed by atoms with Gasteiger partial charge in [0.15, 0.2) is 0 Å². The first kappa shape index (κ1) is 12.0. The first-order valence-electron chi connectivity index (χ1n) is 4.78. The molecule has 0 fully saturated rings. The van der Waals surface area contributed by atoms with E-state index in [0.717, 1.165) is 6.07 Å². The largest absolute Gasteiger partial charge is 0.478 e. The van der Waals surface area contributed by atoms with Crippen LogP contribution in [0.25, 0.3) is 0 Å². The van der Waals surface area contributed by atoms with Crippen molar-refractivity contribution in [2.24, 2.45) is 0 Å². The van der Waals surface area contributed by atoms with E-state index in [1.165, 1.54) is 12.1 Å². The van der Waals surface area contributed by atoms with Crippen molar-refractivity contribution in [3.05, 3.63) is 29.3 Å². The summed E-state index contributed by atoms with van der Waals surface area (Å²) < 4.78 is 0. The molecule has 1 aromatic rings. The van der Waals surface area contributed by atoms with Crippen molar-refractivity contribution >= 4 is 17.6 Å². The second-order valence-electron chi connectivity index (χ2n) is 3.71. The predicted octanol–water partition coefficient (Wildman–Crippen LogP) is 1.90. The second kappa shape index (κ2) is 4.65. The molecule has 0 bridgehead atoms. The molecule has 0 radical (unpaired) electrons. The Kier molecular flexibility index (Phi) is 3.50. The molecule has 1 rings (SSSR count). The standard InChI is InChI=1S/C11H13NO4/c1-6(2)12-9-4-7(10(13)14)3-8(5-9)11(15)16/h3-6,12H,1-2H3,(H,13,14)(H,15,16). The Morgan fingerprint density at radius 3 is 1.81 bits per heavy atom. The van der Waals surface area contributed by atoms with Gasteiger partial charge in [-0.3, -0.25) is 0 Å². The van der Waals surface area contributed by atoms with Crippen molar-refractivity contribution in [1.82, 2.24) is 0 Å². The van der Waals surface area contributed by atoms with Gasteiger partial charge in [-0.15, -0.1) is 0 Å².